The van der Waals surface area contributed by atoms with Gasteiger partial charge >= 0.3 is 5.97 Å². The summed E-state index contributed by atoms with van der Waals surface area (Å²) in [5.74, 6) is -0.284. The van der Waals surface area contributed by atoms with E-state index in [-0.39, 0.29) is 12.0 Å². The van der Waals surface area contributed by atoms with Gasteiger partial charge in [0.2, 0.25) is 0 Å². The Labute approximate surface area is 96.0 Å². The van der Waals surface area contributed by atoms with Gasteiger partial charge in [0, 0.05) is 18.4 Å². The zero-order valence-corrected chi connectivity index (χ0v) is 9.93. The average Bonchev–Trinajstić information content (AvgIpc) is 2.35. The third kappa shape index (κ3) is 3.31. The molecule has 0 aromatic carbocycles. The van der Waals surface area contributed by atoms with E-state index >= 15 is 0 Å². The highest BCUT2D eigenvalue weighted by atomic mass is 16.5. The monoisotopic (exact) mass is 222 g/mol. The van der Waals surface area contributed by atoms with Crippen LogP contribution in [0.2, 0.25) is 0 Å². The first kappa shape index (κ1) is 12.6. The molecule has 1 rings (SSSR count). The van der Waals surface area contributed by atoms with Gasteiger partial charge in [0.1, 0.15) is 6.04 Å². The number of esters is 1. The minimum atomic E-state index is -0.436. The quantitative estimate of drug-likeness (QED) is 0.770. The number of rotatable bonds is 5. The summed E-state index contributed by atoms with van der Waals surface area (Å²) in [6, 6.07) is 3.49. The molecular weight excluding hydrogens is 204 g/mol. The van der Waals surface area contributed by atoms with Crippen molar-refractivity contribution in [2.24, 2.45) is 0 Å². The summed E-state index contributed by atoms with van der Waals surface area (Å²) in [5.41, 5.74) is 0.828. The topological polar surface area (TPSA) is 51.2 Å². The number of hydrogen-bond donors (Lipinski definition) is 1. The standard InChI is InChI=1S/C12H18N2O2/c1-4-9(2)14-11(12(15)16-3)10-6-5-7-13-8-10/h5-9,11,14H,4H2,1-3H3. The van der Waals surface area contributed by atoms with Gasteiger partial charge in [-0.15, -0.1) is 0 Å². The highest BCUT2D eigenvalue weighted by molar-refractivity contribution is 5.77. The average molecular weight is 222 g/mol. The van der Waals surface area contributed by atoms with E-state index in [2.05, 4.69) is 17.2 Å². The first-order valence-electron chi connectivity index (χ1n) is 5.42. The van der Waals surface area contributed by atoms with Crippen molar-refractivity contribution in [3.8, 4) is 0 Å². The summed E-state index contributed by atoms with van der Waals surface area (Å²) in [6.45, 7) is 4.10. The van der Waals surface area contributed by atoms with Crippen LogP contribution in [0.3, 0.4) is 0 Å². The van der Waals surface area contributed by atoms with E-state index in [9.17, 15) is 4.79 Å². The summed E-state index contributed by atoms with van der Waals surface area (Å²) < 4.78 is 4.78. The Morgan fingerprint density at radius 2 is 2.38 bits per heavy atom. The number of nitrogens with zero attached hydrogens (tertiary/aromatic N) is 1. The molecule has 0 amide bonds. The zero-order chi connectivity index (χ0) is 12.0. The molecule has 0 bridgehead atoms. The smallest absolute Gasteiger partial charge is 0.327 e. The van der Waals surface area contributed by atoms with E-state index in [4.69, 9.17) is 4.74 Å². The van der Waals surface area contributed by atoms with Crippen LogP contribution in [-0.4, -0.2) is 24.1 Å². The molecule has 4 heteroatoms. The number of methoxy groups -OCH3 is 1. The molecule has 0 saturated carbocycles. The number of carbonyl (C=O) groups excluding carboxylic acids is 1. The van der Waals surface area contributed by atoms with Crippen LogP contribution in [0, 0.1) is 0 Å². The Hall–Kier alpha value is -1.42. The van der Waals surface area contributed by atoms with E-state index < -0.39 is 6.04 Å². The fourth-order valence-corrected chi connectivity index (χ4v) is 1.37. The molecule has 0 aliphatic carbocycles. The van der Waals surface area contributed by atoms with Gasteiger partial charge in [0.15, 0.2) is 0 Å². The third-order valence-electron chi connectivity index (χ3n) is 2.52. The molecule has 88 valence electrons. The van der Waals surface area contributed by atoms with Crippen molar-refractivity contribution < 1.29 is 9.53 Å². The van der Waals surface area contributed by atoms with Gasteiger partial charge in [0.25, 0.3) is 0 Å². The molecule has 1 heterocycles. The molecule has 0 spiro atoms. The minimum Gasteiger partial charge on any atom is -0.468 e. The molecule has 1 aromatic heterocycles. The molecular formula is C12H18N2O2. The normalized spacial score (nSPS) is 14.2. The van der Waals surface area contributed by atoms with E-state index in [0.29, 0.717) is 0 Å². The maximum atomic E-state index is 11.7. The van der Waals surface area contributed by atoms with Crippen LogP contribution in [0.4, 0.5) is 0 Å². The molecule has 0 fully saturated rings. The molecule has 1 N–H and O–H groups in total. The number of hydrogen-bond acceptors (Lipinski definition) is 4. The lowest BCUT2D eigenvalue weighted by Crippen LogP contribution is -2.35. The van der Waals surface area contributed by atoms with E-state index in [0.717, 1.165) is 12.0 Å². The second-order valence-corrected chi connectivity index (χ2v) is 3.72. The Morgan fingerprint density at radius 3 is 2.88 bits per heavy atom. The summed E-state index contributed by atoms with van der Waals surface area (Å²) >= 11 is 0. The van der Waals surface area contributed by atoms with E-state index in [1.165, 1.54) is 7.11 Å². The summed E-state index contributed by atoms with van der Waals surface area (Å²) in [7, 11) is 1.39. The first-order valence-corrected chi connectivity index (χ1v) is 5.42. The predicted octanol–water partition coefficient (Wildman–Crippen LogP) is 1.68. The Morgan fingerprint density at radius 1 is 1.62 bits per heavy atom. The second kappa shape index (κ2) is 6.23. The first-order chi connectivity index (χ1) is 7.69. The van der Waals surface area contributed by atoms with Crippen molar-refractivity contribution in [1.82, 2.24) is 10.3 Å². The molecule has 2 atom stereocenters. The lowest BCUT2D eigenvalue weighted by atomic mass is 10.1. The van der Waals surface area contributed by atoms with E-state index in [1.807, 2.05) is 19.1 Å². The number of aromatic nitrogens is 1. The highest BCUT2D eigenvalue weighted by Crippen LogP contribution is 2.14. The molecule has 1 aromatic rings. The third-order valence-corrected chi connectivity index (χ3v) is 2.52. The van der Waals surface area contributed by atoms with Gasteiger partial charge in [-0.1, -0.05) is 13.0 Å². The summed E-state index contributed by atoms with van der Waals surface area (Å²) in [6.07, 6.45) is 4.31. The number of ether oxygens (including phenoxy) is 1. The number of carbonyl (C=O) groups is 1. The molecule has 16 heavy (non-hydrogen) atoms. The molecule has 4 nitrogen and oxygen atoms in total. The van der Waals surface area contributed by atoms with Crippen molar-refractivity contribution in [2.45, 2.75) is 32.4 Å². The van der Waals surface area contributed by atoms with Crippen molar-refractivity contribution in [3.63, 3.8) is 0 Å². The second-order valence-electron chi connectivity index (χ2n) is 3.72. The fourth-order valence-electron chi connectivity index (χ4n) is 1.37. The fraction of sp³-hybridized carbons (Fsp3) is 0.500. The number of pyridine rings is 1. The molecule has 0 radical (unpaired) electrons. The minimum absolute atomic E-state index is 0.254. The largest absolute Gasteiger partial charge is 0.468 e. The highest BCUT2D eigenvalue weighted by Gasteiger charge is 2.22. The van der Waals surface area contributed by atoms with Crippen molar-refractivity contribution in [2.75, 3.05) is 7.11 Å². The SMILES string of the molecule is CCC(C)NC(C(=O)OC)c1cccnc1. The molecule has 0 aliphatic rings. The van der Waals surface area contributed by atoms with Gasteiger partial charge < -0.3 is 4.74 Å². The molecule has 0 aliphatic heterocycles. The lowest BCUT2D eigenvalue weighted by molar-refractivity contribution is -0.143. The van der Waals surface area contributed by atoms with Crippen LogP contribution < -0.4 is 5.32 Å². The van der Waals surface area contributed by atoms with Crippen LogP contribution in [0.25, 0.3) is 0 Å². The van der Waals surface area contributed by atoms with Crippen molar-refractivity contribution in [1.29, 1.82) is 0 Å². The summed E-state index contributed by atoms with van der Waals surface area (Å²) in [5, 5.41) is 3.22. The molecule has 2 unspecified atom stereocenters. The maximum Gasteiger partial charge on any atom is 0.327 e. The van der Waals surface area contributed by atoms with Crippen molar-refractivity contribution in [3.05, 3.63) is 30.1 Å². The van der Waals surface area contributed by atoms with Crippen LogP contribution >= 0.6 is 0 Å². The van der Waals surface area contributed by atoms with Crippen LogP contribution in [-0.2, 0) is 9.53 Å². The maximum absolute atomic E-state index is 11.7. The Bertz CT molecular complexity index is 327. The van der Waals surface area contributed by atoms with Gasteiger partial charge in [-0.3, -0.25) is 10.3 Å². The Balaban J connectivity index is 2.84. The lowest BCUT2D eigenvalue weighted by Gasteiger charge is -2.20. The van der Waals surface area contributed by atoms with Crippen LogP contribution in [0.1, 0.15) is 31.9 Å². The molecule has 0 saturated heterocycles. The zero-order valence-electron chi connectivity index (χ0n) is 9.93. The number of nitrogens with one attached hydrogen (secondary N) is 1. The van der Waals surface area contributed by atoms with Gasteiger partial charge in [-0.05, 0) is 25.0 Å². The van der Waals surface area contributed by atoms with Gasteiger partial charge in [0.05, 0.1) is 7.11 Å². The van der Waals surface area contributed by atoms with Gasteiger partial charge in [-0.25, -0.2) is 4.79 Å². The van der Waals surface area contributed by atoms with E-state index in [1.54, 1.807) is 12.4 Å². The van der Waals surface area contributed by atoms with Crippen molar-refractivity contribution >= 4 is 5.97 Å². The van der Waals surface area contributed by atoms with Crippen LogP contribution in [0.15, 0.2) is 24.5 Å². The summed E-state index contributed by atoms with van der Waals surface area (Å²) in [4.78, 5) is 15.7. The Kier molecular flexibility index (Phi) is 4.92. The predicted molar refractivity (Wildman–Crippen MR) is 61.9 cm³/mol. The van der Waals surface area contributed by atoms with Gasteiger partial charge in [-0.2, -0.15) is 0 Å². The van der Waals surface area contributed by atoms with Crippen LogP contribution in [0.5, 0.6) is 0 Å².